The maximum absolute atomic E-state index is 13.0. The van der Waals surface area contributed by atoms with Crippen LogP contribution in [0.5, 0.6) is 0 Å². The third kappa shape index (κ3) is 8.10. The van der Waals surface area contributed by atoms with E-state index in [1.54, 1.807) is 6.92 Å². The molecular formula is C19H27F3N4O3. The SMILES string of the molecule is CCN(CC(=O)Nc1ccccc1C(F)(F)F)C(C)C(=O)NC(=O)NCC(C)C. The van der Waals surface area contributed by atoms with Crippen molar-refractivity contribution in [3.63, 3.8) is 0 Å². The molecule has 0 aliphatic rings. The van der Waals surface area contributed by atoms with Crippen LogP contribution in [0.1, 0.15) is 33.3 Å². The molecule has 1 atom stereocenters. The average Bonchev–Trinajstić information content (AvgIpc) is 2.63. The number of halogens is 3. The Labute approximate surface area is 168 Å². The summed E-state index contributed by atoms with van der Waals surface area (Å²) < 4.78 is 39.1. The number of urea groups is 1. The van der Waals surface area contributed by atoms with Crippen LogP contribution in [0, 0.1) is 5.92 Å². The van der Waals surface area contributed by atoms with Gasteiger partial charge in [0.2, 0.25) is 11.8 Å². The number of amides is 4. The Kier molecular flexibility index (Phi) is 9.09. The lowest BCUT2D eigenvalue weighted by Crippen LogP contribution is -2.51. The minimum atomic E-state index is -4.61. The van der Waals surface area contributed by atoms with E-state index in [-0.39, 0.29) is 24.7 Å². The van der Waals surface area contributed by atoms with E-state index >= 15 is 0 Å². The Morgan fingerprint density at radius 2 is 1.72 bits per heavy atom. The van der Waals surface area contributed by atoms with Crippen molar-refractivity contribution >= 4 is 23.5 Å². The summed E-state index contributed by atoms with van der Waals surface area (Å²) in [6, 6.07) is 3.16. The quantitative estimate of drug-likeness (QED) is 0.608. The Hall–Kier alpha value is -2.62. The standard InChI is InChI=1S/C19H27F3N4O3/c1-5-26(13(4)17(28)25-18(29)23-10-12(2)3)11-16(27)24-15-9-7-6-8-14(15)19(20,21)22/h6-9,12-13H,5,10-11H2,1-4H3,(H,24,27)(H2,23,25,28,29). The van der Waals surface area contributed by atoms with Crippen molar-refractivity contribution < 1.29 is 27.6 Å². The molecule has 0 saturated carbocycles. The maximum Gasteiger partial charge on any atom is 0.418 e. The fraction of sp³-hybridized carbons (Fsp3) is 0.526. The summed E-state index contributed by atoms with van der Waals surface area (Å²) in [6.45, 7) is 7.36. The molecule has 0 heterocycles. The molecule has 1 unspecified atom stereocenters. The minimum Gasteiger partial charge on any atom is -0.338 e. The van der Waals surface area contributed by atoms with Crippen LogP contribution in [0.4, 0.5) is 23.7 Å². The van der Waals surface area contributed by atoms with Gasteiger partial charge in [-0.25, -0.2) is 4.79 Å². The highest BCUT2D eigenvalue weighted by atomic mass is 19.4. The first kappa shape index (κ1) is 24.4. The number of anilines is 1. The van der Waals surface area contributed by atoms with Crippen molar-refractivity contribution in [3.8, 4) is 0 Å². The molecule has 4 amide bonds. The highest BCUT2D eigenvalue weighted by Crippen LogP contribution is 2.34. The summed E-state index contributed by atoms with van der Waals surface area (Å²) in [7, 11) is 0. The van der Waals surface area contributed by atoms with Crippen molar-refractivity contribution in [2.24, 2.45) is 5.92 Å². The van der Waals surface area contributed by atoms with Gasteiger partial charge in [0.1, 0.15) is 0 Å². The summed E-state index contributed by atoms with van der Waals surface area (Å²) in [5.41, 5.74) is -1.31. The number of carbonyl (C=O) groups is 3. The molecule has 7 nitrogen and oxygen atoms in total. The summed E-state index contributed by atoms with van der Waals surface area (Å²) in [5, 5.41) is 6.97. The lowest BCUT2D eigenvalue weighted by molar-refractivity contribution is -0.137. The molecule has 0 aliphatic carbocycles. The molecule has 1 rings (SSSR count). The number of likely N-dealkylation sites (N-methyl/N-ethyl adjacent to an activating group) is 1. The predicted octanol–water partition coefficient (Wildman–Crippen LogP) is 2.84. The molecule has 0 saturated heterocycles. The molecule has 1 aromatic rings. The van der Waals surface area contributed by atoms with Gasteiger partial charge in [-0.3, -0.25) is 19.8 Å². The first-order valence-electron chi connectivity index (χ1n) is 9.24. The van der Waals surface area contributed by atoms with Crippen LogP contribution in [-0.2, 0) is 15.8 Å². The maximum atomic E-state index is 13.0. The molecule has 0 aromatic heterocycles. The van der Waals surface area contributed by atoms with E-state index in [9.17, 15) is 27.6 Å². The van der Waals surface area contributed by atoms with E-state index in [0.717, 1.165) is 12.1 Å². The van der Waals surface area contributed by atoms with Crippen LogP contribution < -0.4 is 16.0 Å². The van der Waals surface area contributed by atoms with Crippen molar-refractivity contribution in [2.75, 3.05) is 25.0 Å². The molecule has 0 spiro atoms. The van der Waals surface area contributed by atoms with Gasteiger partial charge in [0.05, 0.1) is 23.8 Å². The first-order valence-corrected chi connectivity index (χ1v) is 9.24. The number of carbonyl (C=O) groups excluding carboxylic acids is 3. The zero-order valence-corrected chi connectivity index (χ0v) is 16.9. The van der Waals surface area contributed by atoms with E-state index in [4.69, 9.17) is 0 Å². The monoisotopic (exact) mass is 416 g/mol. The van der Waals surface area contributed by atoms with Gasteiger partial charge in [0, 0.05) is 6.54 Å². The van der Waals surface area contributed by atoms with E-state index < -0.39 is 35.6 Å². The number of para-hydroxylation sites is 1. The Morgan fingerprint density at radius 3 is 2.28 bits per heavy atom. The van der Waals surface area contributed by atoms with Crippen LogP contribution in [0.25, 0.3) is 0 Å². The van der Waals surface area contributed by atoms with Gasteiger partial charge >= 0.3 is 12.2 Å². The molecule has 162 valence electrons. The Balaban J connectivity index is 2.71. The van der Waals surface area contributed by atoms with Gasteiger partial charge in [0.15, 0.2) is 0 Å². The highest BCUT2D eigenvalue weighted by molar-refractivity contribution is 5.97. The van der Waals surface area contributed by atoms with Crippen LogP contribution in [0.3, 0.4) is 0 Å². The third-order valence-electron chi connectivity index (χ3n) is 4.09. The Bertz CT molecular complexity index is 723. The molecular weight excluding hydrogens is 389 g/mol. The second-order valence-corrected chi connectivity index (χ2v) is 6.92. The minimum absolute atomic E-state index is 0.212. The topological polar surface area (TPSA) is 90.5 Å². The number of hydrogen-bond donors (Lipinski definition) is 3. The van der Waals surface area contributed by atoms with E-state index in [2.05, 4.69) is 16.0 Å². The molecule has 29 heavy (non-hydrogen) atoms. The molecule has 0 bridgehead atoms. The first-order chi connectivity index (χ1) is 13.5. The predicted molar refractivity (Wildman–Crippen MR) is 103 cm³/mol. The molecule has 0 aliphatic heterocycles. The van der Waals surface area contributed by atoms with E-state index in [0.29, 0.717) is 6.54 Å². The zero-order chi connectivity index (χ0) is 22.2. The molecule has 10 heteroatoms. The number of alkyl halides is 3. The number of rotatable bonds is 8. The van der Waals surface area contributed by atoms with Crippen molar-refractivity contribution in [2.45, 2.75) is 39.9 Å². The average molecular weight is 416 g/mol. The molecule has 0 fully saturated rings. The van der Waals surface area contributed by atoms with Crippen LogP contribution in [0.2, 0.25) is 0 Å². The normalized spacial score (nSPS) is 12.6. The summed E-state index contributed by atoms with van der Waals surface area (Å²) >= 11 is 0. The van der Waals surface area contributed by atoms with Gasteiger partial charge in [0.25, 0.3) is 0 Å². The van der Waals surface area contributed by atoms with Gasteiger partial charge < -0.3 is 10.6 Å². The molecule has 0 radical (unpaired) electrons. The zero-order valence-electron chi connectivity index (χ0n) is 16.9. The molecule has 3 N–H and O–H groups in total. The second-order valence-electron chi connectivity index (χ2n) is 6.92. The van der Waals surface area contributed by atoms with Crippen LogP contribution in [0.15, 0.2) is 24.3 Å². The number of nitrogens with one attached hydrogen (secondary N) is 3. The largest absolute Gasteiger partial charge is 0.418 e. The van der Waals surface area contributed by atoms with Crippen molar-refractivity contribution in [1.82, 2.24) is 15.5 Å². The fourth-order valence-electron chi connectivity index (χ4n) is 2.46. The third-order valence-corrected chi connectivity index (χ3v) is 4.09. The summed E-state index contributed by atoms with van der Waals surface area (Å²) in [6.07, 6.45) is -4.61. The second kappa shape index (κ2) is 10.8. The highest BCUT2D eigenvalue weighted by Gasteiger charge is 2.33. The molecule has 1 aromatic carbocycles. The summed E-state index contributed by atoms with van der Waals surface area (Å²) in [4.78, 5) is 37.6. The van der Waals surface area contributed by atoms with Gasteiger partial charge in [-0.15, -0.1) is 0 Å². The van der Waals surface area contributed by atoms with Crippen LogP contribution in [-0.4, -0.2) is 48.4 Å². The van der Waals surface area contributed by atoms with Gasteiger partial charge in [-0.1, -0.05) is 32.9 Å². The van der Waals surface area contributed by atoms with Gasteiger partial charge in [-0.2, -0.15) is 13.2 Å². The fourth-order valence-corrected chi connectivity index (χ4v) is 2.46. The Morgan fingerprint density at radius 1 is 1.10 bits per heavy atom. The van der Waals surface area contributed by atoms with Crippen molar-refractivity contribution in [1.29, 1.82) is 0 Å². The number of hydrogen-bond acceptors (Lipinski definition) is 4. The van der Waals surface area contributed by atoms with Crippen LogP contribution >= 0.6 is 0 Å². The number of imide groups is 1. The number of nitrogens with zero attached hydrogens (tertiary/aromatic N) is 1. The lowest BCUT2D eigenvalue weighted by Gasteiger charge is -2.26. The van der Waals surface area contributed by atoms with E-state index in [1.807, 2.05) is 13.8 Å². The summed E-state index contributed by atoms with van der Waals surface area (Å²) in [5.74, 6) is -1.10. The van der Waals surface area contributed by atoms with Gasteiger partial charge in [-0.05, 0) is 31.5 Å². The number of benzene rings is 1. The smallest absolute Gasteiger partial charge is 0.338 e. The van der Waals surface area contributed by atoms with E-state index in [1.165, 1.54) is 24.0 Å². The lowest BCUT2D eigenvalue weighted by atomic mass is 10.1. The van der Waals surface area contributed by atoms with Crippen molar-refractivity contribution in [3.05, 3.63) is 29.8 Å².